The van der Waals surface area contributed by atoms with Gasteiger partial charge in [0.2, 0.25) is 0 Å². The van der Waals surface area contributed by atoms with E-state index in [2.05, 4.69) is 10.3 Å². The van der Waals surface area contributed by atoms with Crippen LogP contribution >= 0.6 is 22.9 Å². The van der Waals surface area contributed by atoms with Gasteiger partial charge in [0.05, 0.1) is 22.7 Å². The molecule has 1 heterocycles. The fraction of sp³-hybridized carbons (Fsp3) is 0.0833. The molecule has 0 radical (unpaired) electrons. The summed E-state index contributed by atoms with van der Waals surface area (Å²) in [5.74, 6) is -2.49. The summed E-state index contributed by atoms with van der Waals surface area (Å²) in [6, 6.07) is 3.92. The van der Waals surface area contributed by atoms with E-state index in [0.717, 1.165) is 17.4 Å². The second kappa shape index (κ2) is 5.98. The highest BCUT2D eigenvalue weighted by molar-refractivity contribution is 7.14. The molecule has 1 aromatic carbocycles. The van der Waals surface area contributed by atoms with Crippen molar-refractivity contribution in [1.82, 2.24) is 4.98 Å². The minimum atomic E-state index is -1.02. The highest BCUT2D eigenvalue weighted by Crippen LogP contribution is 2.22. The second-order valence-corrected chi connectivity index (χ2v) is 5.03. The first-order valence-corrected chi connectivity index (χ1v) is 6.64. The Balaban J connectivity index is 2.16. The van der Waals surface area contributed by atoms with Crippen molar-refractivity contribution < 1.29 is 19.1 Å². The van der Waals surface area contributed by atoms with Gasteiger partial charge in [0.15, 0.2) is 5.13 Å². The lowest BCUT2D eigenvalue weighted by Crippen LogP contribution is -2.14. The summed E-state index contributed by atoms with van der Waals surface area (Å²) in [6.07, 6.45) is -0.243. The zero-order chi connectivity index (χ0) is 14.7. The number of hydrogen-bond acceptors (Lipinski definition) is 4. The van der Waals surface area contributed by atoms with Crippen molar-refractivity contribution in [2.75, 3.05) is 5.32 Å². The Bertz CT molecular complexity index is 654. The largest absolute Gasteiger partial charge is 0.481 e. The van der Waals surface area contributed by atoms with Gasteiger partial charge >= 0.3 is 5.97 Å². The van der Waals surface area contributed by atoms with Crippen molar-refractivity contribution in [2.45, 2.75) is 6.42 Å². The maximum Gasteiger partial charge on any atom is 0.309 e. The first-order valence-electron chi connectivity index (χ1n) is 5.39. The van der Waals surface area contributed by atoms with E-state index in [1.807, 2.05) is 0 Å². The van der Waals surface area contributed by atoms with Crippen LogP contribution in [-0.4, -0.2) is 22.0 Å². The van der Waals surface area contributed by atoms with Gasteiger partial charge in [0.1, 0.15) is 5.82 Å². The fourth-order valence-electron chi connectivity index (χ4n) is 1.47. The Morgan fingerprint density at radius 1 is 1.45 bits per heavy atom. The van der Waals surface area contributed by atoms with Crippen LogP contribution in [0.2, 0.25) is 5.02 Å². The summed E-state index contributed by atoms with van der Waals surface area (Å²) >= 11 is 6.82. The van der Waals surface area contributed by atoms with Crippen molar-refractivity contribution in [2.24, 2.45) is 0 Å². The number of carbonyl (C=O) groups is 2. The van der Waals surface area contributed by atoms with Crippen molar-refractivity contribution in [3.8, 4) is 0 Å². The van der Waals surface area contributed by atoms with E-state index in [4.69, 9.17) is 16.7 Å². The summed E-state index contributed by atoms with van der Waals surface area (Å²) in [6.45, 7) is 0. The molecule has 0 saturated carbocycles. The lowest BCUT2D eigenvalue weighted by Gasteiger charge is -2.04. The molecule has 2 N–H and O–H groups in total. The number of thiazole rings is 1. The Morgan fingerprint density at radius 2 is 2.20 bits per heavy atom. The van der Waals surface area contributed by atoms with Crippen molar-refractivity contribution in [3.63, 3.8) is 0 Å². The van der Waals surface area contributed by atoms with E-state index in [1.54, 1.807) is 0 Å². The number of carbonyl (C=O) groups excluding carboxylic acids is 1. The van der Waals surface area contributed by atoms with Gasteiger partial charge in [-0.25, -0.2) is 9.37 Å². The van der Waals surface area contributed by atoms with Crippen LogP contribution in [0, 0.1) is 5.82 Å². The van der Waals surface area contributed by atoms with Gasteiger partial charge in [-0.1, -0.05) is 17.7 Å². The van der Waals surface area contributed by atoms with Gasteiger partial charge in [-0.2, -0.15) is 0 Å². The summed E-state index contributed by atoms with van der Waals surface area (Å²) in [5, 5.41) is 12.7. The maximum atomic E-state index is 13.5. The SMILES string of the molecule is O=C(O)Cc1csc(NC(=O)c2c(F)cccc2Cl)n1. The molecule has 1 amide bonds. The quantitative estimate of drug-likeness (QED) is 0.909. The number of nitrogens with zero attached hydrogens (tertiary/aromatic N) is 1. The van der Waals surface area contributed by atoms with Crippen LogP contribution in [0.1, 0.15) is 16.1 Å². The van der Waals surface area contributed by atoms with E-state index in [1.165, 1.54) is 17.5 Å². The predicted octanol–water partition coefficient (Wildman–Crippen LogP) is 2.82. The number of amides is 1. The smallest absolute Gasteiger partial charge is 0.309 e. The minimum Gasteiger partial charge on any atom is -0.481 e. The summed E-state index contributed by atoms with van der Waals surface area (Å²) in [7, 11) is 0. The van der Waals surface area contributed by atoms with Crippen LogP contribution in [0.25, 0.3) is 0 Å². The van der Waals surface area contributed by atoms with Gasteiger partial charge in [-0.15, -0.1) is 11.3 Å². The van der Waals surface area contributed by atoms with E-state index in [-0.39, 0.29) is 22.1 Å². The molecule has 0 unspecified atom stereocenters. The molecular weight excluding hydrogens is 307 g/mol. The van der Waals surface area contributed by atoms with Crippen LogP contribution < -0.4 is 5.32 Å². The molecule has 5 nitrogen and oxygen atoms in total. The van der Waals surface area contributed by atoms with Gasteiger partial charge < -0.3 is 5.11 Å². The number of rotatable bonds is 4. The summed E-state index contributed by atoms with van der Waals surface area (Å²) in [5.41, 5.74) is 0.0431. The molecule has 0 atom stereocenters. The maximum absolute atomic E-state index is 13.5. The molecule has 2 aromatic rings. The third-order valence-corrected chi connectivity index (χ3v) is 3.42. The average molecular weight is 315 g/mol. The van der Waals surface area contributed by atoms with Crippen LogP contribution in [0.15, 0.2) is 23.6 Å². The number of halogens is 2. The van der Waals surface area contributed by atoms with E-state index >= 15 is 0 Å². The fourth-order valence-corrected chi connectivity index (χ4v) is 2.43. The molecule has 0 aliphatic heterocycles. The topological polar surface area (TPSA) is 79.3 Å². The second-order valence-electron chi connectivity index (χ2n) is 3.77. The number of hydrogen-bond donors (Lipinski definition) is 2. The number of aliphatic carboxylic acids is 1. The molecule has 1 aromatic heterocycles. The molecule has 0 saturated heterocycles. The zero-order valence-corrected chi connectivity index (χ0v) is 11.5. The number of benzene rings is 1. The molecule has 20 heavy (non-hydrogen) atoms. The van der Waals surface area contributed by atoms with Crippen LogP contribution in [0.4, 0.5) is 9.52 Å². The Kier molecular flexibility index (Phi) is 4.31. The monoisotopic (exact) mass is 314 g/mol. The Morgan fingerprint density at radius 3 is 2.85 bits per heavy atom. The molecule has 0 fully saturated rings. The Labute approximate surface area is 122 Å². The zero-order valence-electron chi connectivity index (χ0n) is 9.89. The lowest BCUT2D eigenvalue weighted by molar-refractivity contribution is -0.136. The molecule has 2 rings (SSSR count). The lowest BCUT2D eigenvalue weighted by atomic mass is 10.2. The third-order valence-electron chi connectivity index (χ3n) is 2.29. The van der Waals surface area contributed by atoms with Gasteiger partial charge in [0.25, 0.3) is 5.91 Å². The van der Waals surface area contributed by atoms with Crippen LogP contribution in [0.3, 0.4) is 0 Å². The molecule has 0 bridgehead atoms. The van der Waals surface area contributed by atoms with Gasteiger partial charge in [-0.3, -0.25) is 14.9 Å². The first kappa shape index (κ1) is 14.4. The Hall–Kier alpha value is -1.99. The molecule has 0 aliphatic rings. The van der Waals surface area contributed by atoms with Crippen molar-refractivity contribution >= 4 is 39.9 Å². The summed E-state index contributed by atoms with van der Waals surface area (Å²) in [4.78, 5) is 26.3. The predicted molar refractivity (Wildman–Crippen MR) is 72.8 cm³/mol. The van der Waals surface area contributed by atoms with Crippen molar-refractivity contribution in [3.05, 3.63) is 45.7 Å². The number of carboxylic acids is 1. The van der Waals surface area contributed by atoms with E-state index in [9.17, 15) is 14.0 Å². The van der Waals surface area contributed by atoms with Crippen molar-refractivity contribution in [1.29, 1.82) is 0 Å². The third kappa shape index (κ3) is 3.31. The molecule has 104 valence electrons. The molecule has 0 spiro atoms. The number of nitrogens with one attached hydrogen (secondary N) is 1. The highest BCUT2D eigenvalue weighted by Gasteiger charge is 2.17. The minimum absolute atomic E-state index is 0.00943. The van der Waals surface area contributed by atoms with E-state index < -0.39 is 17.7 Å². The number of anilines is 1. The highest BCUT2D eigenvalue weighted by atomic mass is 35.5. The number of aromatic nitrogens is 1. The standard InChI is InChI=1S/C12H8ClFN2O3S/c13-7-2-1-3-8(14)10(7)11(19)16-12-15-6(5-20-12)4-9(17)18/h1-3,5H,4H2,(H,17,18)(H,15,16,19). The molecule has 8 heteroatoms. The van der Waals surface area contributed by atoms with Gasteiger partial charge in [0, 0.05) is 5.38 Å². The van der Waals surface area contributed by atoms with E-state index in [0.29, 0.717) is 5.69 Å². The van der Waals surface area contributed by atoms with Gasteiger partial charge in [-0.05, 0) is 12.1 Å². The molecule has 0 aliphatic carbocycles. The molecular formula is C12H8ClFN2O3S. The van der Waals surface area contributed by atoms with Crippen LogP contribution in [-0.2, 0) is 11.2 Å². The average Bonchev–Trinajstić information content (AvgIpc) is 2.75. The first-order chi connectivity index (χ1) is 9.47. The normalized spacial score (nSPS) is 10.3. The number of carboxylic acid groups (broad SMARTS) is 1. The summed E-state index contributed by atoms with van der Waals surface area (Å²) < 4.78 is 13.5. The van der Waals surface area contributed by atoms with Crippen LogP contribution in [0.5, 0.6) is 0 Å².